The Labute approximate surface area is 88.2 Å². The minimum Gasteiger partial charge on any atom is -1.00 e. The standard InChI is InChI=1S/C8H12.CH2O.Co.2FH/c1-2-4-6-8-7-5-3-1;1-2;;;/h1-4H,5-8H2;1H2;;2*1H/q;;+2;;/p-2. The molecule has 0 aromatic rings. The van der Waals surface area contributed by atoms with Crippen molar-refractivity contribution < 1.29 is 31.0 Å². The second-order valence-corrected chi connectivity index (χ2v) is 2.14. The van der Waals surface area contributed by atoms with Crippen molar-refractivity contribution >= 4 is 6.79 Å². The molecule has 1 nitrogen and oxygen atoms in total. The van der Waals surface area contributed by atoms with Crippen molar-refractivity contribution in [2.75, 3.05) is 0 Å². The van der Waals surface area contributed by atoms with Gasteiger partial charge in [0.1, 0.15) is 6.79 Å². The molecule has 79 valence electrons. The van der Waals surface area contributed by atoms with Crippen LogP contribution in [0.15, 0.2) is 24.3 Å². The summed E-state index contributed by atoms with van der Waals surface area (Å²) in [4.78, 5) is 8.00. The van der Waals surface area contributed by atoms with Gasteiger partial charge in [-0.15, -0.1) is 0 Å². The SMILES string of the molecule is C1=CCCCCC=C1.C=O.[Co+2].[F-].[F-]. The van der Waals surface area contributed by atoms with E-state index >= 15 is 0 Å². The molecular formula is C9H14CoF2O. The number of hydrogen-bond donors (Lipinski definition) is 0. The summed E-state index contributed by atoms with van der Waals surface area (Å²) in [6.07, 6.45) is 14.0. The second kappa shape index (κ2) is 22.5. The van der Waals surface area contributed by atoms with Crippen molar-refractivity contribution in [2.45, 2.75) is 25.7 Å². The molecule has 0 aliphatic heterocycles. The molecular weight excluding hydrogens is 221 g/mol. The molecule has 0 bridgehead atoms. The Morgan fingerprint density at radius 3 is 1.46 bits per heavy atom. The molecule has 4 heteroatoms. The maximum Gasteiger partial charge on any atom is 2.00 e. The van der Waals surface area contributed by atoms with Crippen LogP contribution in [-0.4, -0.2) is 6.79 Å². The summed E-state index contributed by atoms with van der Waals surface area (Å²) in [7, 11) is 0. The van der Waals surface area contributed by atoms with Crippen LogP contribution in [0.2, 0.25) is 0 Å². The van der Waals surface area contributed by atoms with E-state index in [9.17, 15) is 0 Å². The Morgan fingerprint density at radius 1 is 0.846 bits per heavy atom. The van der Waals surface area contributed by atoms with Crippen LogP contribution in [-0.2, 0) is 21.6 Å². The molecule has 1 rings (SSSR count). The summed E-state index contributed by atoms with van der Waals surface area (Å²) in [6, 6.07) is 0. The molecule has 0 saturated heterocycles. The summed E-state index contributed by atoms with van der Waals surface area (Å²) < 4.78 is 0. The van der Waals surface area contributed by atoms with Crippen molar-refractivity contribution in [1.29, 1.82) is 0 Å². The summed E-state index contributed by atoms with van der Waals surface area (Å²) in [5, 5.41) is 0. The first-order valence-corrected chi connectivity index (χ1v) is 3.61. The smallest absolute Gasteiger partial charge is 1.00 e. The zero-order valence-electron chi connectivity index (χ0n) is 7.34. The molecule has 0 spiro atoms. The minimum atomic E-state index is 0. The van der Waals surface area contributed by atoms with Crippen LogP contribution in [0.5, 0.6) is 0 Å². The van der Waals surface area contributed by atoms with Gasteiger partial charge in [0.05, 0.1) is 0 Å². The molecule has 0 saturated carbocycles. The van der Waals surface area contributed by atoms with Crippen LogP contribution >= 0.6 is 0 Å². The first-order valence-electron chi connectivity index (χ1n) is 3.61. The molecule has 0 aromatic heterocycles. The predicted octanol–water partition coefficient (Wildman–Crippen LogP) is -3.51. The number of carbonyl (C=O) groups excluding carboxylic acids is 1. The third-order valence-electron chi connectivity index (χ3n) is 1.37. The maximum absolute atomic E-state index is 8.00. The largest absolute Gasteiger partial charge is 2.00 e. The molecule has 0 amide bonds. The van der Waals surface area contributed by atoms with Gasteiger partial charge in [-0.25, -0.2) is 0 Å². The van der Waals surface area contributed by atoms with Gasteiger partial charge < -0.3 is 14.2 Å². The van der Waals surface area contributed by atoms with E-state index in [2.05, 4.69) is 24.3 Å². The Balaban J connectivity index is -0.0000000761. The van der Waals surface area contributed by atoms with E-state index in [1.54, 1.807) is 0 Å². The van der Waals surface area contributed by atoms with Gasteiger partial charge in [0, 0.05) is 0 Å². The quantitative estimate of drug-likeness (QED) is 0.426. The van der Waals surface area contributed by atoms with Gasteiger partial charge in [-0.05, 0) is 25.7 Å². The van der Waals surface area contributed by atoms with Gasteiger partial charge in [0.25, 0.3) is 0 Å². The van der Waals surface area contributed by atoms with E-state index in [1.165, 1.54) is 25.7 Å². The summed E-state index contributed by atoms with van der Waals surface area (Å²) in [6.45, 7) is 2.00. The fourth-order valence-corrected chi connectivity index (χ4v) is 0.874. The average molecular weight is 235 g/mol. The Bertz CT molecular complexity index is 113. The molecule has 13 heavy (non-hydrogen) atoms. The van der Waals surface area contributed by atoms with Gasteiger partial charge >= 0.3 is 16.8 Å². The predicted molar refractivity (Wildman–Crippen MR) is 43.9 cm³/mol. The fraction of sp³-hybridized carbons (Fsp3) is 0.444. The third-order valence-corrected chi connectivity index (χ3v) is 1.37. The zero-order valence-corrected chi connectivity index (χ0v) is 8.38. The molecule has 1 aliphatic rings. The molecule has 0 N–H and O–H groups in total. The van der Waals surface area contributed by atoms with Crippen LogP contribution in [0.3, 0.4) is 0 Å². The van der Waals surface area contributed by atoms with Crippen molar-refractivity contribution in [3.05, 3.63) is 24.3 Å². The van der Waals surface area contributed by atoms with E-state index in [-0.39, 0.29) is 26.2 Å². The van der Waals surface area contributed by atoms with Gasteiger partial charge in [-0.2, -0.15) is 0 Å². The summed E-state index contributed by atoms with van der Waals surface area (Å²) >= 11 is 0. The van der Waals surface area contributed by atoms with Crippen molar-refractivity contribution in [2.24, 2.45) is 0 Å². The molecule has 0 atom stereocenters. The first kappa shape index (κ1) is 22.9. The van der Waals surface area contributed by atoms with Gasteiger partial charge in [-0.3, -0.25) is 0 Å². The van der Waals surface area contributed by atoms with E-state index in [4.69, 9.17) is 4.79 Å². The Hall–Kier alpha value is -0.484. The van der Waals surface area contributed by atoms with Crippen LogP contribution in [0.1, 0.15) is 25.7 Å². The van der Waals surface area contributed by atoms with Gasteiger partial charge in [0.15, 0.2) is 0 Å². The number of rotatable bonds is 0. The Kier molecular flexibility index (Phi) is 39.7. The third kappa shape index (κ3) is 18.5. The number of halogens is 2. The second-order valence-electron chi connectivity index (χ2n) is 2.14. The molecule has 1 radical (unpaired) electrons. The molecule has 0 heterocycles. The fourth-order valence-electron chi connectivity index (χ4n) is 0.874. The Morgan fingerprint density at radius 2 is 1.15 bits per heavy atom. The number of hydrogen-bond acceptors (Lipinski definition) is 1. The van der Waals surface area contributed by atoms with E-state index in [0.717, 1.165) is 0 Å². The van der Waals surface area contributed by atoms with Crippen LogP contribution in [0.25, 0.3) is 0 Å². The molecule has 1 aliphatic carbocycles. The zero-order chi connectivity index (χ0) is 7.66. The van der Waals surface area contributed by atoms with Crippen LogP contribution < -0.4 is 9.41 Å². The maximum atomic E-state index is 8.00. The van der Waals surface area contributed by atoms with Crippen LogP contribution in [0.4, 0.5) is 0 Å². The first-order chi connectivity index (χ1) is 5.00. The van der Waals surface area contributed by atoms with Crippen molar-refractivity contribution in [3.63, 3.8) is 0 Å². The van der Waals surface area contributed by atoms with Gasteiger partial charge in [0.2, 0.25) is 0 Å². The summed E-state index contributed by atoms with van der Waals surface area (Å²) in [5.74, 6) is 0. The molecule has 0 unspecified atom stereocenters. The van der Waals surface area contributed by atoms with Crippen LogP contribution in [0, 0.1) is 0 Å². The summed E-state index contributed by atoms with van der Waals surface area (Å²) in [5.41, 5.74) is 0. The number of carbonyl (C=O) groups is 1. The molecule has 0 fully saturated rings. The van der Waals surface area contributed by atoms with Gasteiger partial charge in [-0.1, -0.05) is 24.3 Å². The topological polar surface area (TPSA) is 17.1 Å². The normalized spacial score (nSPS) is 12.6. The molecule has 0 aromatic carbocycles. The van der Waals surface area contributed by atoms with E-state index in [0.29, 0.717) is 0 Å². The monoisotopic (exact) mass is 235 g/mol. The van der Waals surface area contributed by atoms with Crippen molar-refractivity contribution in [3.8, 4) is 0 Å². The minimum absolute atomic E-state index is 0. The van der Waals surface area contributed by atoms with E-state index in [1.807, 2.05) is 6.79 Å². The van der Waals surface area contributed by atoms with Crippen molar-refractivity contribution in [1.82, 2.24) is 0 Å². The number of allylic oxidation sites excluding steroid dienone is 4. The van der Waals surface area contributed by atoms with E-state index < -0.39 is 0 Å². The average Bonchev–Trinajstić information content (AvgIpc) is 1.90.